The summed E-state index contributed by atoms with van der Waals surface area (Å²) in [5, 5.41) is 6.91. The molecule has 0 aromatic heterocycles. The Hall–Kier alpha value is -1.06. The van der Waals surface area contributed by atoms with Crippen LogP contribution in [0.25, 0.3) is 0 Å². The molecule has 1 unspecified atom stereocenters. The molecule has 19 heavy (non-hydrogen) atoms. The molecule has 108 valence electrons. The fourth-order valence-electron chi connectivity index (χ4n) is 2.37. The molecule has 4 N–H and O–H groups in total. The Labute approximate surface area is 118 Å². The fraction of sp³-hybridized carbons (Fsp3) is 0.625. The number of nitrogens with two attached hydrogens (primary N) is 1. The number of rotatable bonds is 6. The summed E-state index contributed by atoms with van der Waals surface area (Å²) in [6.45, 7) is 15.8. The van der Waals surface area contributed by atoms with Crippen molar-refractivity contribution in [3.63, 3.8) is 0 Å². The van der Waals surface area contributed by atoms with Crippen molar-refractivity contribution in [2.75, 3.05) is 25.0 Å². The Balaban J connectivity index is 2.69. The van der Waals surface area contributed by atoms with Gasteiger partial charge in [-0.2, -0.15) is 0 Å². The lowest BCUT2D eigenvalue weighted by Gasteiger charge is -2.20. The van der Waals surface area contributed by atoms with Crippen molar-refractivity contribution in [2.24, 2.45) is 5.73 Å². The molecule has 0 amide bonds. The second-order valence-electron chi connectivity index (χ2n) is 5.61. The zero-order valence-corrected chi connectivity index (χ0v) is 13.3. The van der Waals surface area contributed by atoms with Gasteiger partial charge in [-0.25, -0.2) is 0 Å². The van der Waals surface area contributed by atoms with Crippen LogP contribution < -0.4 is 16.4 Å². The summed E-state index contributed by atoms with van der Waals surface area (Å²) < 4.78 is 0. The van der Waals surface area contributed by atoms with E-state index in [1.807, 2.05) is 6.92 Å². The van der Waals surface area contributed by atoms with Gasteiger partial charge in [0.15, 0.2) is 0 Å². The van der Waals surface area contributed by atoms with Crippen LogP contribution in [0, 0.1) is 34.6 Å². The van der Waals surface area contributed by atoms with Gasteiger partial charge in [0.1, 0.15) is 0 Å². The topological polar surface area (TPSA) is 50.1 Å². The highest BCUT2D eigenvalue weighted by molar-refractivity contribution is 5.64. The van der Waals surface area contributed by atoms with E-state index in [9.17, 15) is 0 Å². The Morgan fingerprint density at radius 1 is 0.842 bits per heavy atom. The van der Waals surface area contributed by atoms with Crippen LogP contribution in [0.3, 0.4) is 0 Å². The summed E-state index contributed by atoms with van der Waals surface area (Å²) >= 11 is 0. The molecular formula is C16H29N3. The van der Waals surface area contributed by atoms with Crippen molar-refractivity contribution in [3.05, 3.63) is 27.8 Å². The van der Waals surface area contributed by atoms with Gasteiger partial charge in [-0.3, -0.25) is 0 Å². The smallest absolute Gasteiger partial charge is 0.0405 e. The molecule has 0 aliphatic rings. The standard InChI is InChI=1S/C16H29N3/c1-10(17)9-18-7-8-19-16-14(5)12(3)11(2)13(4)15(16)6/h10,18-19H,7-9,17H2,1-6H3. The van der Waals surface area contributed by atoms with Crippen LogP contribution in [-0.2, 0) is 0 Å². The molecule has 3 nitrogen and oxygen atoms in total. The van der Waals surface area contributed by atoms with E-state index in [1.165, 1.54) is 33.5 Å². The Bertz CT molecular complexity index is 407. The van der Waals surface area contributed by atoms with Gasteiger partial charge in [-0.1, -0.05) is 0 Å². The molecule has 0 fully saturated rings. The average molecular weight is 263 g/mol. The molecule has 1 atom stereocenters. The van der Waals surface area contributed by atoms with Crippen molar-refractivity contribution in [1.82, 2.24) is 5.32 Å². The first-order chi connectivity index (χ1) is 8.86. The van der Waals surface area contributed by atoms with E-state index in [2.05, 4.69) is 45.3 Å². The van der Waals surface area contributed by atoms with Crippen LogP contribution in [0.1, 0.15) is 34.7 Å². The van der Waals surface area contributed by atoms with Crippen molar-refractivity contribution in [2.45, 2.75) is 47.6 Å². The molecule has 0 saturated heterocycles. The van der Waals surface area contributed by atoms with Crippen LogP contribution >= 0.6 is 0 Å². The van der Waals surface area contributed by atoms with E-state index in [0.717, 1.165) is 19.6 Å². The van der Waals surface area contributed by atoms with Gasteiger partial charge in [0.25, 0.3) is 0 Å². The minimum absolute atomic E-state index is 0.215. The first-order valence-electron chi connectivity index (χ1n) is 7.13. The second kappa shape index (κ2) is 6.92. The molecule has 0 saturated carbocycles. The predicted octanol–water partition coefficient (Wildman–Crippen LogP) is 2.58. The Kier molecular flexibility index (Phi) is 5.83. The normalized spacial score (nSPS) is 12.6. The van der Waals surface area contributed by atoms with Gasteiger partial charge < -0.3 is 16.4 Å². The first-order valence-corrected chi connectivity index (χ1v) is 7.13. The monoisotopic (exact) mass is 263 g/mol. The number of hydrogen-bond acceptors (Lipinski definition) is 3. The maximum Gasteiger partial charge on any atom is 0.0405 e. The molecule has 0 heterocycles. The van der Waals surface area contributed by atoms with E-state index in [4.69, 9.17) is 5.73 Å². The predicted molar refractivity (Wildman–Crippen MR) is 85.1 cm³/mol. The summed E-state index contributed by atoms with van der Waals surface area (Å²) in [6.07, 6.45) is 0. The van der Waals surface area contributed by atoms with Gasteiger partial charge in [0.2, 0.25) is 0 Å². The van der Waals surface area contributed by atoms with Gasteiger partial charge >= 0.3 is 0 Å². The van der Waals surface area contributed by atoms with Crippen molar-refractivity contribution in [3.8, 4) is 0 Å². The fourth-order valence-corrected chi connectivity index (χ4v) is 2.37. The molecule has 0 aliphatic carbocycles. The van der Waals surface area contributed by atoms with Gasteiger partial charge in [-0.15, -0.1) is 0 Å². The van der Waals surface area contributed by atoms with E-state index in [-0.39, 0.29) is 6.04 Å². The summed E-state index contributed by atoms with van der Waals surface area (Å²) in [4.78, 5) is 0. The van der Waals surface area contributed by atoms with Crippen molar-refractivity contribution < 1.29 is 0 Å². The molecule has 0 spiro atoms. The summed E-state index contributed by atoms with van der Waals surface area (Å²) in [5.74, 6) is 0. The third kappa shape index (κ3) is 3.95. The first kappa shape index (κ1) is 16.0. The van der Waals surface area contributed by atoms with E-state index >= 15 is 0 Å². The summed E-state index contributed by atoms with van der Waals surface area (Å²) in [5.41, 5.74) is 13.9. The quantitative estimate of drug-likeness (QED) is 0.691. The van der Waals surface area contributed by atoms with E-state index in [1.54, 1.807) is 0 Å². The lowest BCUT2D eigenvalue weighted by Crippen LogP contribution is -2.33. The average Bonchev–Trinajstić information content (AvgIpc) is 2.37. The second-order valence-corrected chi connectivity index (χ2v) is 5.61. The number of nitrogens with one attached hydrogen (secondary N) is 2. The largest absolute Gasteiger partial charge is 0.383 e. The maximum absolute atomic E-state index is 5.71. The van der Waals surface area contributed by atoms with Gasteiger partial charge in [0.05, 0.1) is 0 Å². The molecule has 1 rings (SSSR count). The molecule has 0 radical (unpaired) electrons. The van der Waals surface area contributed by atoms with E-state index in [0.29, 0.717) is 0 Å². The lowest BCUT2D eigenvalue weighted by molar-refractivity contribution is 0.618. The molecular weight excluding hydrogens is 234 g/mol. The Morgan fingerprint density at radius 2 is 1.32 bits per heavy atom. The summed E-state index contributed by atoms with van der Waals surface area (Å²) in [6, 6.07) is 0.215. The highest BCUT2D eigenvalue weighted by Gasteiger charge is 2.11. The van der Waals surface area contributed by atoms with Crippen LogP contribution in [0.15, 0.2) is 0 Å². The Morgan fingerprint density at radius 3 is 1.79 bits per heavy atom. The molecule has 3 heteroatoms. The van der Waals surface area contributed by atoms with Crippen LogP contribution in [0.4, 0.5) is 5.69 Å². The number of hydrogen-bond donors (Lipinski definition) is 3. The zero-order chi connectivity index (χ0) is 14.6. The van der Waals surface area contributed by atoms with Crippen LogP contribution in [0.2, 0.25) is 0 Å². The third-order valence-corrected chi connectivity index (χ3v) is 4.07. The molecule has 1 aromatic carbocycles. The van der Waals surface area contributed by atoms with Gasteiger partial charge in [-0.05, 0) is 69.4 Å². The zero-order valence-electron chi connectivity index (χ0n) is 13.3. The van der Waals surface area contributed by atoms with Crippen LogP contribution in [0.5, 0.6) is 0 Å². The minimum atomic E-state index is 0.215. The highest BCUT2D eigenvalue weighted by Crippen LogP contribution is 2.29. The lowest BCUT2D eigenvalue weighted by atomic mass is 9.93. The van der Waals surface area contributed by atoms with Crippen LogP contribution in [-0.4, -0.2) is 25.7 Å². The molecule has 1 aromatic rings. The number of anilines is 1. The SMILES string of the molecule is Cc1c(C)c(C)c(NCCNCC(C)N)c(C)c1C. The maximum atomic E-state index is 5.71. The summed E-state index contributed by atoms with van der Waals surface area (Å²) in [7, 11) is 0. The van der Waals surface area contributed by atoms with E-state index < -0.39 is 0 Å². The molecule has 0 bridgehead atoms. The molecule has 0 aliphatic heterocycles. The van der Waals surface area contributed by atoms with Crippen molar-refractivity contribution in [1.29, 1.82) is 0 Å². The third-order valence-electron chi connectivity index (χ3n) is 4.07. The number of benzene rings is 1. The van der Waals surface area contributed by atoms with Crippen molar-refractivity contribution >= 4 is 5.69 Å². The van der Waals surface area contributed by atoms with Gasteiger partial charge in [0, 0.05) is 31.4 Å². The highest BCUT2D eigenvalue weighted by atomic mass is 15.0. The minimum Gasteiger partial charge on any atom is -0.383 e.